The number of nitrogens with zero attached hydrogens (tertiary/aromatic N) is 3. The number of aromatic nitrogens is 1. The van der Waals surface area contributed by atoms with Crippen LogP contribution >= 0.6 is 0 Å². The summed E-state index contributed by atoms with van der Waals surface area (Å²) in [5, 5.41) is 9.12. The Hall–Kier alpha value is -1.80. The van der Waals surface area contributed by atoms with E-state index in [1.807, 2.05) is 0 Å². The molecule has 0 radical (unpaired) electrons. The molecule has 0 bridgehead atoms. The van der Waals surface area contributed by atoms with Gasteiger partial charge in [-0.25, -0.2) is 4.98 Å². The lowest BCUT2D eigenvalue weighted by atomic mass is 9.97. The molecule has 2 heterocycles. The zero-order chi connectivity index (χ0) is 13.0. The third kappa shape index (κ3) is 2.71. The van der Waals surface area contributed by atoms with E-state index in [4.69, 9.17) is 15.7 Å². The topological polar surface area (TPSA) is 75.2 Å². The van der Waals surface area contributed by atoms with Crippen LogP contribution in [0, 0.1) is 17.2 Å². The standard InChI is InChI=1S/C13H18N4O/c1-18-9-10-2-4-17(5-3-10)13-11(7-14)6-12(15)8-16-13/h6,8,10H,2-5,9,15H2,1H3. The molecule has 18 heavy (non-hydrogen) atoms. The van der Waals surface area contributed by atoms with Crippen LogP contribution in [-0.2, 0) is 4.74 Å². The first kappa shape index (κ1) is 12.7. The van der Waals surface area contributed by atoms with E-state index in [1.165, 1.54) is 0 Å². The Kier molecular flexibility index (Phi) is 4.00. The van der Waals surface area contributed by atoms with Crippen molar-refractivity contribution in [3.8, 4) is 6.07 Å². The molecule has 0 atom stereocenters. The fourth-order valence-electron chi connectivity index (χ4n) is 2.36. The maximum atomic E-state index is 9.12. The Morgan fingerprint density at radius 2 is 2.28 bits per heavy atom. The largest absolute Gasteiger partial charge is 0.397 e. The third-order valence-electron chi connectivity index (χ3n) is 3.32. The molecule has 2 rings (SSSR count). The van der Waals surface area contributed by atoms with Gasteiger partial charge in [0.15, 0.2) is 0 Å². The molecule has 0 spiro atoms. The number of anilines is 2. The Morgan fingerprint density at radius 3 is 2.89 bits per heavy atom. The van der Waals surface area contributed by atoms with Gasteiger partial charge in [0.05, 0.1) is 17.4 Å². The number of piperidine rings is 1. The van der Waals surface area contributed by atoms with Crippen molar-refractivity contribution >= 4 is 11.5 Å². The van der Waals surface area contributed by atoms with Gasteiger partial charge in [0.25, 0.3) is 0 Å². The molecular weight excluding hydrogens is 228 g/mol. The third-order valence-corrected chi connectivity index (χ3v) is 3.32. The fourth-order valence-corrected chi connectivity index (χ4v) is 2.36. The second kappa shape index (κ2) is 5.69. The molecule has 0 amide bonds. The maximum absolute atomic E-state index is 9.12. The molecule has 1 aliphatic heterocycles. The molecule has 1 saturated heterocycles. The average molecular weight is 246 g/mol. The van der Waals surface area contributed by atoms with E-state index in [0.717, 1.165) is 38.4 Å². The number of nitriles is 1. The van der Waals surface area contributed by atoms with Crippen molar-refractivity contribution in [2.24, 2.45) is 5.92 Å². The first-order chi connectivity index (χ1) is 8.74. The Labute approximate surface area is 107 Å². The van der Waals surface area contributed by atoms with E-state index < -0.39 is 0 Å². The van der Waals surface area contributed by atoms with Crippen molar-refractivity contribution in [3.05, 3.63) is 17.8 Å². The molecule has 1 fully saturated rings. The minimum Gasteiger partial charge on any atom is -0.397 e. The van der Waals surface area contributed by atoms with Crippen LogP contribution in [0.2, 0.25) is 0 Å². The number of hydrogen-bond acceptors (Lipinski definition) is 5. The molecule has 1 aromatic rings. The number of pyridine rings is 1. The van der Waals surface area contributed by atoms with Crippen LogP contribution in [0.3, 0.4) is 0 Å². The average Bonchev–Trinajstić information content (AvgIpc) is 2.40. The number of nitrogens with two attached hydrogens (primary N) is 1. The van der Waals surface area contributed by atoms with Crippen LogP contribution < -0.4 is 10.6 Å². The minimum absolute atomic E-state index is 0.532. The molecule has 5 heteroatoms. The lowest BCUT2D eigenvalue weighted by molar-refractivity contribution is 0.139. The SMILES string of the molecule is COCC1CCN(c2ncc(N)cc2C#N)CC1. The highest BCUT2D eigenvalue weighted by Crippen LogP contribution is 2.25. The summed E-state index contributed by atoms with van der Waals surface area (Å²) in [5.74, 6) is 1.37. The van der Waals surface area contributed by atoms with Crippen molar-refractivity contribution in [2.45, 2.75) is 12.8 Å². The smallest absolute Gasteiger partial charge is 0.146 e. The van der Waals surface area contributed by atoms with Gasteiger partial charge < -0.3 is 15.4 Å². The summed E-state index contributed by atoms with van der Waals surface area (Å²) in [6.07, 6.45) is 3.76. The van der Waals surface area contributed by atoms with Gasteiger partial charge in [-0.1, -0.05) is 0 Å². The van der Waals surface area contributed by atoms with Gasteiger partial charge in [-0.05, 0) is 24.8 Å². The molecule has 0 unspecified atom stereocenters. The summed E-state index contributed by atoms with van der Waals surface area (Å²) in [4.78, 5) is 6.45. The van der Waals surface area contributed by atoms with E-state index >= 15 is 0 Å². The lowest BCUT2D eigenvalue weighted by Gasteiger charge is -2.32. The van der Waals surface area contributed by atoms with Crippen molar-refractivity contribution < 1.29 is 4.74 Å². The summed E-state index contributed by atoms with van der Waals surface area (Å²) in [6, 6.07) is 3.85. The number of hydrogen-bond donors (Lipinski definition) is 1. The van der Waals surface area contributed by atoms with Gasteiger partial charge in [0.1, 0.15) is 11.9 Å². The van der Waals surface area contributed by atoms with Crippen LogP contribution in [0.4, 0.5) is 11.5 Å². The van der Waals surface area contributed by atoms with Crippen LogP contribution in [0.25, 0.3) is 0 Å². The second-order valence-corrected chi connectivity index (χ2v) is 4.64. The van der Waals surface area contributed by atoms with E-state index in [0.29, 0.717) is 17.2 Å². The molecule has 1 aliphatic rings. The van der Waals surface area contributed by atoms with Crippen molar-refractivity contribution in [3.63, 3.8) is 0 Å². The van der Waals surface area contributed by atoms with E-state index in [-0.39, 0.29) is 0 Å². The van der Waals surface area contributed by atoms with Crippen LogP contribution in [0.1, 0.15) is 18.4 Å². The van der Waals surface area contributed by atoms with Crippen LogP contribution in [0.5, 0.6) is 0 Å². The molecule has 2 N–H and O–H groups in total. The lowest BCUT2D eigenvalue weighted by Crippen LogP contribution is -2.36. The predicted molar refractivity (Wildman–Crippen MR) is 70.2 cm³/mol. The first-order valence-electron chi connectivity index (χ1n) is 6.14. The van der Waals surface area contributed by atoms with Gasteiger partial charge >= 0.3 is 0 Å². The second-order valence-electron chi connectivity index (χ2n) is 4.64. The van der Waals surface area contributed by atoms with Gasteiger partial charge in [0.2, 0.25) is 0 Å². The Balaban J connectivity index is 2.08. The Morgan fingerprint density at radius 1 is 1.56 bits per heavy atom. The maximum Gasteiger partial charge on any atom is 0.146 e. The van der Waals surface area contributed by atoms with Gasteiger partial charge in [0, 0.05) is 26.8 Å². The van der Waals surface area contributed by atoms with Crippen LogP contribution in [0.15, 0.2) is 12.3 Å². The monoisotopic (exact) mass is 246 g/mol. The highest BCUT2D eigenvalue weighted by atomic mass is 16.5. The normalized spacial score (nSPS) is 16.6. The van der Waals surface area contributed by atoms with E-state index in [2.05, 4.69) is 16.0 Å². The number of ether oxygens (including phenoxy) is 1. The number of methoxy groups -OCH3 is 1. The molecule has 1 aromatic heterocycles. The number of nitrogen functional groups attached to an aromatic ring is 1. The summed E-state index contributed by atoms with van der Waals surface area (Å²) in [7, 11) is 1.74. The van der Waals surface area contributed by atoms with Gasteiger partial charge in [-0.3, -0.25) is 0 Å². The molecule has 0 aliphatic carbocycles. The number of rotatable bonds is 3. The fraction of sp³-hybridized carbons (Fsp3) is 0.538. The summed E-state index contributed by atoms with van der Waals surface area (Å²) in [6.45, 7) is 2.65. The molecule has 0 saturated carbocycles. The van der Waals surface area contributed by atoms with Crippen molar-refractivity contribution in [2.75, 3.05) is 37.4 Å². The zero-order valence-corrected chi connectivity index (χ0v) is 10.6. The van der Waals surface area contributed by atoms with Gasteiger partial charge in [-0.15, -0.1) is 0 Å². The minimum atomic E-state index is 0.532. The van der Waals surface area contributed by atoms with Crippen molar-refractivity contribution in [1.82, 2.24) is 4.98 Å². The molecule has 5 nitrogen and oxygen atoms in total. The van der Waals surface area contributed by atoms with Crippen LogP contribution in [-0.4, -0.2) is 31.8 Å². The van der Waals surface area contributed by atoms with E-state index in [9.17, 15) is 0 Å². The molecule has 96 valence electrons. The Bertz CT molecular complexity index is 447. The van der Waals surface area contributed by atoms with E-state index in [1.54, 1.807) is 19.4 Å². The van der Waals surface area contributed by atoms with Crippen molar-refractivity contribution in [1.29, 1.82) is 5.26 Å². The predicted octanol–water partition coefficient (Wildman–Crippen LogP) is 1.40. The quantitative estimate of drug-likeness (QED) is 0.872. The highest BCUT2D eigenvalue weighted by Gasteiger charge is 2.21. The summed E-state index contributed by atoms with van der Waals surface area (Å²) in [5.41, 5.74) is 6.73. The molecule has 0 aromatic carbocycles. The first-order valence-corrected chi connectivity index (χ1v) is 6.14. The van der Waals surface area contributed by atoms with Gasteiger partial charge in [-0.2, -0.15) is 5.26 Å². The summed E-state index contributed by atoms with van der Waals surface area (Å²) < 4.78 is 5.18. The summed E-state index contributed by atoms with van der Waals surface area (Å²) >= 11 is 0. The molecular formula is C13H18N4O. The zero-order valence-electron chi connectivity index (χ0n) is 10.6. The highest BCUT2D eigenvalue weighted by molar-refractivity contribution is 5.58.